The van der Waals surface area contributed by atoms with Crippen molar-refractivity contribution >= 4 is 7.60 Å². The van der Waals surface area contributed by atoms with Crippen molar-refractivity contribution in [1.29, 1.82) is 0 Å². The van der Waals surface area contributed by atoms with Crippen molar-refractivity contribution in [2.24, 2.45) is 0 Å². The van der Waals surface area contributed by atoms with Gasteiger partial charge in [0.05, 0.1) is 19.4 Å². The molecular formula is C10H22NO3P. The van der Waals surface area contributed by atoms with E-state index in [0.717, 1.165) is 13.0 Å². The van der Waals surface area contributed by atoms with E-state index in [1.165, 1.54) is 6.42 Å². The molecule has 90 valence electrons. The van der Waals surface area contributed by atoms with Crippen molar-refractivity contribution in [3.8, 4) is 0 Å². The lowest BCUT2D eigenvalue weighted by Gasteiger charge is -2.24. The molecule has 1 fully saturated rings. The molecule has 0 bridgehead atoms. The van der Waals surface area contributed by atoms with Crippen molar-refractivity contribution in [2.75, 3.05) is 33.0 Å². The van der Waals surface area contributed by atoms with Crippen LogP contribution in [0.1, 0.15) is 26.7 Å². The molecule has 1 aliphatic heterocycles. The molecule has 0 aliphatic carbocycles. The number of hydrogen-bond donors (Lipinski definition) is 0. The minimum atomic E-state index is -2.85. The van der Waals surface area contributed by atoms with Crippen LogP contribution in [0.25, 0.3) is 0 Å². The van der Waals surface area contributed by atoms with Crippen LogP contribution in [0.3, 0.4) is 0 Å². The first-order chi connectivity index (χ1) is 7.11. The highest BCUT2D eigenvalue weighted by Gasteiger charge is 2.32. The predicted octanol–water partition coefficient (Wildman–Crippen LogP) is 2.35. The van der Waals surface area contributed by atoms with Gasteiger partial charge in [0.25, 0.3) is 0 Å². The minimum absolute atomic E-state index is 0.355. The first-order valence-electron chi connectivity index (χ1n) is 5.69. The normalized spacial score (nSPS) is 23.5. The summed E-state index contributed by atoms with van der Waals surface area (Å²) in [7, 11) is -0.778. The lowest BCUT2D eigenvalue weighted by Crippen LogP contribution is -2.28. The molecule has 1 aliphatic rings. The summed E-state index contributed by atoms with van der Waals surface area (Å²) in [5.41, 5.74) is 0. The van der Waals surface area contributed by atoms with Crippen LogP contribution in [0.4, 0.5) is 0 Å². The Morgan fingerprint density at radius 2 is 1.93 bits per heavy atom. The molecule has 0 N–H and O–H groups in total. The van der Waals surface area contributed by atoms with Gasteiger partial charge in [-0.3, -0.25) is 4.57 Å². The second-order valence-corrected chi connectivity index (χ2v) is 6.01. The summed E-state index contributed by atoms with van der Waals surface area (Å²) in [6, 6.07) is 0.355. The summed E-state index contributed by atoms with van der Waals surface area (Å²) >= 11 is 0. The van der Waals surface area contributed by atoms with E-state index >= 15 is 0 Å². The summed E-state index contributed by atoms with van der Waals surface area (Å²) in [6.07, 6.45) is 2.81. The van der Waals surface area contributed by atoms with E-state index in [0.29, 0.717) is 25.4 Å². The van der Waals surface area contributed by atoms with Crippen LogP contribution in [0.5, 0.6) is 0 Å². The summed E-state index contributed by atoms with van der Waals surface area (Å²) in [6.45, 7) is 5.69. The number of rotatable bonds is 6. The third-order valence-corrected chi connectivity index (χ3v) is 4.93. The van der Waals surface area contributed by atoms with Gasteiger partial charge in [-0.25, -0.2) is 0 Å². The topological polar surface area (TPSA) is 38.8 Å². The van der Waals surface area contributed by atoms with Crippen molar-refractivity contribution in [1.82, 2.24) is 4.90 Å². The molecule has 0 saturated carbocycles. The maximum absolute atomic E-state index is 12.2. The average molecular weight is 235 g/mol. The van der Waals surface area contributed by atoms with Crippen LogP contribution in [0.2, 0.25) is 0 Å². The van der Waals surface area contributed by atoms with E-state index in [1.807, 2.05) is 13.8 Å². The van der Waals surface area contributed by atoms with Gasteiger partial charge < -0.3 is 13.9 Å². The summed E-state index contributed by atoms with van der Waals surface area (Å²) in [4.78, 5) is 2.24. The number of nitrogens with zero attached hydrogens (tertiary/aromatic N) is 1. The van der Waals surface area contributed by atoms with E-state index in [9.17, 15) is 4.57 Å². The Balaban J connectivity index is 2.53. The molecular weight excluding hydrogens is 213 g/mol. The van der Waals surface area contributed by atoms with Crippen molar-refractivity contribution in [3.05, 3.63) is 0 Å². The molecule has 5 heteroatoms. The van der Waals surface area contributed by atoms with E-state index in [-0.39, 0.29) is 0 Å². The fraction of sp³-hybridized carbons (Fsp3) is 1.00. The Kier molecular flexibility index (Phi) is 5.27. The van der Waals surface area contributed by atoms with Gasteiger partial charge in [-0.1, -0.05) is 0 Å². The molecule has 0 spiro atoms. The van der Waals surface area contributed by atoms with Gasteiger partial charge in [0.15, 0.2) is 0 Å². The van der Waals surface area contributed by atoms with E-state index in [1.54, 1.807) is 0 Å². The second-order valence-electron chi connectivity index (χ2n) is 3.91. The van der Waals surface area contributed by atoms with E-state index in [4.69, 9.17) is 9.05 Å². The molecule has 1 atom stereocenters. The molecule has 1 unspecified atom stereocenters. The first kappa shape index (κ1) is 13.2. The van der Waals surface area contributed by atoms with E-state index < -0.39 is 7.60 Å². The SMILES string of the molecule is CCOP(=O)(CC1CCCN1C)OCC. The lowest BCUT2D eigenvalue weighted by atomic mass is 10.2. The van der Waals surface area contributed by atoms with Crippen LogP contribution in [0.15, 0.2) is 0 Å². The largest absolute Gasteiger partial charge is 0.332 e. The maximum Gasteiger partial charge on any atom is 0.332 e. The summed E-state index contributed by atoms with van der Waals surface area (Å²) < 4.78 is 22.8. The summed E-state index contributed by atoms with van der Waals surface area (Å²) in [5, 5.41) is 0. The molecule has 0 aromatic heterocycles. The minimum Gasteiger partial charge on any atom is -0.309 e. The second kappa shape index (κ2) is 6.00. The molecule has 1 rings (SSSR count). The highest BCUT2D eigenvalue weighted by atomic mass is 31.2. The van der Waals surface area contributed by atoms with Gasteiger partial charge >= 0.3 is 7.60 Å². The van der Waals surface area contributed by atoms with Gasteiger partial charge in [0.1, 0.15) is 0 Å². The van der Waals surface area contributed by atoms with Crippen molar-refractivity contribution < 1.29 is 13.6 Å². The molecule has 0 aromatic rings. The molecule has 1 saturated heterocycles. The highest BCUT2D eigenvalue weighted by Crippen LogP contribution is 2.49. The van der Waals surface area contributed by atoms with Gasteiger partial charge in [-0.15, -0.1) is 0 Å². The molecule has 0 amide bonds. The Morgan fingerprint density at radius 3 is 2.33 bits per heavy atom. The predicted molar refractivity (Wildman–Crippen MR) is 61.4 cm³/mol. The van der Waals surface area contributed by atoms with Gasteiger partial charge in [0, 0.05) is 6.04 Å². The Hall–Kier alpha value is 0.110. The average Bonchev–Trinajstić information content (AvgIpc) is 2.52. The quantitative estimate of drug-likeness (QED) is 0.662. The molecule has 15 heavy (non-hydrogen) atoms. The van der Waals surface area contributed by atoms with Crippen LogP contribution in [-0.2, 0) is 13.6 Å². The van der Waals surface area contributed by atoms with Crippen LogP contribution in [0, 0.1) is 0 Å². The third-order valence-electron chi connectivity index (χ3n) is 2.76. The van der Waals surface area contributed by atoms with Gasteiger partial charge in [-0.05, 0) is 40.3 Å². The highest BCUT2D eigenvalue weighted by molar-refractivity contribution is 7.53. The van der Waals surface area contributed by atoms with Crippen LogP contribution >= 0.6 is 7.60 Å². The Bertz CT molecular complexity index is 225. The third kappa shape index (κ3) is 3.87. The fourth-order valence-electron chi connectivity index (χ4n) is 2.00. The number of hydrogen-bond acceptors (Lipinski definition) is 4. The zero-order valence-corrected chi connectivity index (χ0v) is 10.8. The Labute approximate surface area is 92.5 Å². The molecule has 0 aromatic carbocycles. The van der Waals surface area contributed by atoms with Crippen LogP contribution < -0.4 is 0 Å². The van der Waals surface area contributed by atoms with Gasteiger partial charge in [-0.2, -0.15) is 0 Å². The van der Waals surface area contributed by atoms with Crippen LogP contribution in [-0.4, -0.2) is 43.9 Å². The van der Waals surface area contributed by atoms with Crippen molar-refractivity contribution in [3.63, 3.8) is 0 Å². The smallest absolute Gasteiger partial charge is 0.309 e. The monoisotopic (exact) mass is 235 g/mol. The zero-order valence-electron chi connectivity index (χ0n) is 9.94. The zero-order chi connectivity index (χ0) is 11.3. The standard InChI is InChI=1S/C10H22NO3P/c1-4-13-15(12,14-5-2)9-10-7-6-8-11(10)3/h10H,4-9H2,1-3H3. The number of likely N-dealkylation sites (tertiary alicyclic amines) is 1. The van der Waals surface area contributed by atoms with Crippen molar-refractivity contribution in [2.45, 2.75) is 32.7 Å². The lowest BCUT2D eigenvalue weighted by molar-refractivity contribution is 0.210. The molecule has 4 nitrogen and oxygen atoms in total. The summed E-state index contributed by atoms with van der Waals surface area (Å²) in [5.74, 6) is 0. The molecule has 1 heterocycles. The fourth-order valence-corrected chi connectivity index (χ4v) is 4.05. The van der Waals surface area contributed by atoms with E-state index in [2.05, 4.69) is 11.9 Å². The molecule has 0 radical (unpaired) electrons. The maximum atomic E-state index is 12.2. The van der Waals surface area contributed by atoms with Gasteiger partial charge in [0.2, 0.25) is 0 Å². The first-order valence-corrected chi connectivity index (χ1v) is 7.42. The Morgan fingerprint density at radius 1 is 1.33 bits per heavy atom.